The largest absolute Gasteiger partial charge is 0.509 e. The summed E-state index contributed by atoms with van der Waals surface area (Å²) in [6.45, 7) is 3.45. The van der Waals surface area contributed by atoms with Gasteiger partial charge in [-0.15, -0.1) is 0 Å². The quantitative estimate of drug-likeness (QED) is 0.231. The smallest absolute Gasteiger partial charge is 0.255 e. The molecule has 2 aromatic rings. The highest BCUT2D eigenvalue weighted by Crippen LogP contribution is 2.59. The maximum Gasteiger partial charge on any atom is 0.255 e. The summed E-state index contributed by atoms with van der Waals surface area (Å²) in [5.74, 6) is -5.28. The molecule has 14 heteroatoms. The van der Waals surface area contributed by atoms with Crippen molar-refractivity contribution in [2.45, 2.75) is 36.5 Å². The van der Waals surface area contributed by atoms with E-state index in [4.69, 9.17) is 26.7 Å². The number of nitrogens with two attached hydrogens (primary N) is 3. The molecular formula is C34H38N6O8. The number of rotatable bonds is 6. The SMILES string of the molecule is COc1ccc(CN2CCOCC2)cc1-c1ccc(O)c2c1C[C@@]1(N)C[C@@]3(N)[C@H](N(C)C)C(=O)C(C(N)=O)=C(O)[C@@]3(C#N)C(=O)C1=C2O. The second kappa shape index (κ2) is 11.4. The van der Waals surface area contributed by atoms with Crippen molar-refractivity contribution >= 4 is 23.2 Å². The van der Waals surface area contributed by atoms with Crippen LogP contribution < -0.4 is 21.9 Å². The van der Waals surface area contributed by atoms with E-state index in [0.29, 0.717) is 42.2 Å². The molecule has 0 aromatic heterocycles. The number of amides is 1. The van der Waals surface area contributed by atoms with Crippen molar-refractivity contribution in [3.8, 4) is 28.7 Å². The summed E-state index contributed by atoms with van der Waals surface area (Å²) in [5, 5.41) is 45.0. The topological polar surface area (TPSA) is 239 Å². The van der Waals surface area contributed by atoms with Crippen LogP contribution in [0.15, 0.2) is 47.2 Å². The van der Waals surface area contributed by atoms with Crippen molar-refractivity contribution in [1.29, 1.82) is 5.26 Å². The summed E-state index contributed by atoms with van der Waals surface area (Å²) in [5.41, 5.74) is 13.8. The van der Waals surface area contributed by atoms with Crippen LogP contribution in [-0.4, -0.2) is 107 Å². The fraction of sp³-hybridized carbons (Fsp3) is 0.412. The number of likely N-dealkylation sites (N-methyl/N-ethyl adjacent to an activating group) is 1. The van der Waals surface area contributed by atoms with Crippen LogP contribution in [0.1, 0.15) is 23.1 Å². The molecule has 0 unspecified atom stereocenters. The van der Waals surface area contributed by atoms with Crippen LogP contribution in [0.2, 0.25) is 0 Å². The Labute approximate surface area is 276 Å². The lowest BCUT2D eigenvalue weighted by Gasteiger charge is -2.58. The first-order valence-corrected chi connectivity index (χ1v) is 15.4. The number of nitriles is 1. The van der Waals surface area contributed by atoms with Crippen LogP contribution in [0.3, 0.4) is 0 Å². The molecule has 4 atom stereocenters. The molecule has 48 heavy (non-hydrogen) atoms. The Hall–Kier alpha value is -4.78. The van der Waals surface area contributed by atoms with Gasteiger partial charge in [0.15, 0.2) is 17.0 Å². The van der Waals surface area contributed by atoms with Gasteiger partial charge in [0.1, 0.15) is 28.6 Å². The first kappa shape index (κ1) is 33.1. The number of primary amides is 1. The van der Waals surface area contributed by atoms with Crippen molar-refractivity contribution in [2.24, 2.45) is 22.6 Å². The number of methoxy groups -OCH3 is 1. The summed E-state index contributed by atoms with van der Waals surface area (Å²) in [4.78, 5) is 44.3. The van der Waals surface area contributed by atoms with E-state index in [9.17, 15) is 35.0 Å². The van der Waals surface area contributed by atoms with Crippen molar-refractivity contribution in [1.82, 2.24) is 9.80 Å². The van der Waals surface area contributed by atoms with Gasteiger partial charge in [-0.3, -0.25) is 24.2 Å². The second-order valence-electron chi connectivity index (χ2n) is 13.2. The van der Waals surface area contributed by atoms with Gasteiger partial charge in [0.05, 0.1) is 54.6 Å². The molecule has 0 bridgehead atoms. The number of phenols is 1. The van der Waals surface area contributed by atoms with Gasteiger partial charge >= 0.3 is 0 Å². The maximum absolute atomic E-state index is 14.6. The summed E-state index contributed by atoms with van der Waals surface area (Å²) < 4.78 is 11.2. The Morgan fingerprint density at radius 3 is 2.42 bits per heavy atom. The lowest BCUT2D eigenvalue weighted by molar-refractivity contribution is -0.139. The Balaban J connectivity index is 1.58. The van der Waals surface area contributed by atoms with E-state index in [-0.39, 0.29) is 17.7 Å². The minimum Gasteiger partial charge on any atom is -0.509 e. The average Bonchev–Trinajstić information content (AvgIpc) is 3.00. The van der Waals surface area contributed by atoms with Crippen molar-refractivity contribution in [3.05, 3.63) is 63.9 Å². The third-order valence-electron chi connectivity index (χ3n) is 10.2. The standard InChI is InChI=1S/C34H38N6O8/c1-39(2)28-27(43)24(31(36)46)29(44)33(16-35)30(45)25-26(42)23-20(13-32(25,37)15-34(28,33)38)18(5-6-21(23)41)19-12-17(4-7-22(19)47-3)14-40-8-10-48-11-9-40/h4-7,12,28,41-42,44H,8-11,13-15,37-38H2,1-3H3,(H2,36,46)/t28-,32-,33+,34-/m1/s1. The van der Waals surface area contributed by atoms with Gasteiger partial charge in [-0.1, -0.05) is 12.1 Å². The normalized spacial score (nSPS) is 28.9. The van der Waals surface area contributed by atoms with Gasteiger partial charge in [-0.2, -0.15) is 5.26 Å². The number of fused-ring (bicyclic) bond motifs is 3. The Morgan fingerprint density at radius 1 is 1.12 bits per heavy atom. The van der Waals surface area contributed by atoms with E-state index in [1.54, 1.807) is 12.1 Å². The fourth-order valence-corrected chi connectivity index (χ4v) is 8.17. The van der Waals surface area contributed by atoms with E-state index < -0.39 is 69.1 Å². The van der Waals surface area contributed by atoms with Crippen LogP contribution >= 0.6 is 0 Å². The Kier molecular flexibility index (Phi) is 7.89. The summed E-state index contributed by atoms with van der Waals surface area (Å²) in [7, 11) is 4.47. The lowest BCUT2D eigenvalue weighted by atomic mass is 9.47. The van der Waals surface area contributed by atoms with E-state index in [2.05, 4.69) is 4.90 Å². The Morgan fingerprint density at radius 2 is 1.81 bits per heavy atom. The summed E-state index contributed by atoms with van der Waals surface area (Å²) in [6.07, 6.45) is -0.637. The molecule has 6 rings (SSSR count). The minimum atomic E-state index is -2.73. The fourth-order valence-electron chi connectivity index (χ4n) is 8.17. The number of aliphatic hydroxyl groups excluding tert-OH is 2. The number of aromatic hydroxyl groups is 1. The third kappa shape index (κ3) is 4.46. The van der Waals surface area contributed by atoms with Crippen LogP contribution in [-0.2, 0) is 32.1 Å². The van der Waals surface area contributed by atoms with Crippen molar-refractivity contribution in [2.75, 3.05) is 47.5 Å². The first-order chi connectivity index (χ1) is 22.7. The number of carbonyl (C=O) groups excluding carboxylic acids is 3. The number of hydrogen-bond acceptors (Lipinski definition) is 13. The molecule has 2 fully saturated rings. The number of aliphatic hydroxyl groups is 2. The van der Waals surface area contributed by atoms with Gasteiger partial charge < -0.3 is 42.0 Å². The Bertz CT molecular complexity index is 1870. The zero-order chi connectivity index (χ0) is 34.9. The molecule has 9 N–H and O–H groups in total. The first-order valence-electron chi connectivity index (χ1n) is 15.4. The lowest BCUT2D eigenvalue weighted by Crippen LogP contribution is -2.80. The maximum atomic E-state index is 14.6. The number of phenolic OH excluding ortho intramolecular Hbond substituents is 1. The molecule has 1 aliphatic heterocycles. The number of carbonyl (C=O) groups is 3. The van der Waals surface area contributed by atoms with Crippen LogP contribution in [0.25, 0.3) is 16.9 Å². The van der Waals surface area contributed by atoms with Crippen LogP contribution in [0.4, 0.5) is 0 Å². The van der Waals surface area contributed by atoms with Gasteiger partial charge in [0, 0.05) is 25.2 Å². The number of nitrogens with zero attached hydrogens (tertiary/aromatic N) is 3. The summed E-state index contributed by atoms with van der Waals surface area (Å²) >= 11 is 0. The minimum absolute atomic E-state index is 0.0928. The van der Waals surface area contributed by atoms with E-state index >= 15 is 0 Å². The highest BCUT2D eigenvalue weighted by Gasteiger charge is 2.74. The summed E-state index contributed by atoms with van der Waals surface area (Å²) in [6, 6.07) is 9.05. The number of Topliss-reactive ketones (excluding diaryl/α,β-unsaturated/α-hetero) is 2. The zero-order valence-electron chi connectivity index (χ0n) is 26.9. The zero-order valence-corrected chi connectivity index (χ0v) is 26.9. The van der Waals surface area contributed by atoms with Crippen LogP contribution in [0.5, 0.6) is 11.5 Å². The molecule has 1 heterocycles. The van der Waals surface area contributed by atoms with Crippen molar-refractivity contribution < 1.29 is 39.2 Å². The highest BCUT2D eigenvalue weighted by atomic mass is 16.5. The predicted octanol–water partition coefficient (Wildman–Crippen LogP) is 0.413. The molecule has 252 valence electrons. The molecule has 0 radical (unpaired) electrons. The highest BCUT2D eigenvalue weighted by molar-refractivity contribution is 6.25. The number of morpholine rings is 1. The van der Waals surface area contributed by atoms with Crippen LogP contribution in [0, 0.1) is 16.7 Å². The predicted molar refractivity (Wildman–Crippen MR) is 172 cm³/mol. The molecule has 14 nitrogen and oxygen atoms in total. The molecule has 1 saturated carbocycles. The number of benzene rings is 2. The second-order valence-corrected chi connectivity index (χ2v) is 13.2. The molecular weight excluding hydrogens is 620 g/mol. The third-order valence-corrected chi connectivity index (χ3v) is 10.2. The van der Waals surface area contributed by atoms with Gasteiger partial charge in [-0.25, -0.2) is 0 Å². The molecule has 4 aliphatic rings. The number of hydrogen-bond donors (Lipinski definition) is 6. The molecule has 1 saturated heterocycles. The molecule has 0 spiro atoms. The monoisotopic (exact) mass is 658 g/mol. The van der Waals surface area contributed by atoms with Gasteiger partial charge in [0.25, 0.3) is 5.91 Å². The molecule has 1 amide bonds. The average molecular weight is 659 g/mol. The van der Waals surface area contributed by atoms with E-state index in [0.717, 1.165) is 18.7 Å². The molecule has 3 aliphatic carbocycles. The molecule has 2 aromatic carbocycles. The van der Waals surface area contributed by atoms with Gasteiger partial charge in [0.2, 0.25) is 0 Å². The van der Waals surface area contributed by atoms with E-state index in [1.165, 1.54) is 32.2 Å². The number of ether oxygens (including phenoxy) is 2. The van der Waals surface area contributed by atoms with E-state index in [1.807, 2.05) is 18.2 Å². The van der Waals surface area contributed by atoms with Gasteiger partial charge in [-0.05, 0) is 61.8 Å². The van der Waals surface area contributed by atoms with Crippen molar-refractivity contribution in [3.63, 3.8) is 0 Å². The number of ketones is 2.